The Bertz CT molecular complexity index is 1320. The summed E-state index contributed by atoms with van der Waals surface area (Å²) in [6.45, 7) is 0. The van der Waals surface area contributed by atoms with Crippen LogP contribution in [0.2, 0.25) is 0 Å². The number of aryl methyl sites for hydroxylation is 1. The van der Waals surface area contributed by atoms with Gasteiger partial charge < -0.3 is 10.3 Å². The average Bonchev–Trinajstić information content (AvgIpc) is 3.41. The quantitative estimate of drug-likeness (QED) is 0.370. The molecule has 3 heterocycles. The van der Waals surface area contributed by atoms with Crippen LogP contribution in [-0.2, 0) is 11.2 Å². The standard InChI is InChI=1S/C24H20N4OS/c29-22(28-24-25-14-15-30-24)11-5-8-18-17-7-2-4-10-20(17)27-23(18)21-13-12-16-6-1-3-9-19(16)26-21/h1-4,6-7,9-10,12-15,27H,5,8,11H2,(H,25,28,29). The second kappa shape index (κ2) is 8.08. The maximum atomic E-state index is 12.2. The highest BCUT2D eigenvalue weighted by atomic mass is 32.1. The number of carbonyl (C=O) groups excluding carboxylic acids is 1. The Hall–Kier alpha value is -3.51. The van der Waals surface area contributed by atoms with Crippen LogP contribution in [0.1, 0.15) is 18.4 Å². The zero-order chi connectivity index (χ0) is 20.3. The van der Waals surface area contributed by atoms with Gasteiger partial charge in [0.25, 0.3) is 0 Å². The fourth-order valence-corrected chi connectivity index (χ4v) is 4.32. The number of pyridine rings is 1. The molecule has 6 heteroatoms. The molecular formula is C24H20N4OS. The monoisotopic (exact) mass is 412 g/mol. The van der Waals surface area contributed by atoms with E-state index in [1.54, 1.807) is 6.20 Å². The second-order valence-electron chi connectivity index (χ2n) is 7.15. The summed E-state index contributed by atoms with van der Waals surface area (Å²) >= 11 is 1.43. The molecule has 2 N–H and O–H groups in total. The van der Waals surface area contributed by atoms with Gasteiger partial charge in [-0.25, -0.2) is 9.97 Å². The molecule has 0 aliphatic carbocycles. The van der Waals surface area contributed by atoms with Crippen LogP contribution in [0.3, 0.4) is 0 Å². The first-order valence-corrected chi connectivity index (χ1v) is 10.8. The molecule has 0 saturated heterocycles. The van der Waals surface area contributed by atoms with E-state index in [4.69, 9.17) is 4.98 Å². The molecule has 0 spiro atoms. The van der Waals surface area contributed by atoms with Gasteiger partial charge in [0.1, 0.15) is 0 Å². The Balaban J connectivity index is 1.42. The Kier molecular flexibility index (Phi) is 4.99. The van der Waals surface area contributed by atoms with Crippen LogP contribution in [0.4, 0.5) is 5.13 Å². The highest BCUT2D eigenvalue weighted by molar-refractivity contribution is 7.13. The topological polar surface area (TPSA) is 70.7 Å². The summed E-state index contributed by atoms with van der Waals surface area (Å²) in [7, 11) is 0. The van der Waals surface area contributed by atoms with Gasteiger partial charge in [-0.3, -0.25) is 4.79 Å². The maximum Gasteiger partial charge on any atom is 0.226 e. The number of benzene rings is 2. The number of H-pyrrole nitrogens is 1. The lowest BCUT2D eigenvalue weighted by molar-refractivity contribution is -0.116. The highest BCUT2D eigenvalue weighted by Crippen LogP contribution is 2.31. The minimum Gasteiger partial charge on any atom is -0.353 e. The number of nitrogens with one attached hydrogen (secondary N) is 2. The van der Waals surface area contributed by atoms with Gasteiger partial charge in [-0.2, -0.15) is 0 Å². The summed E-state index contributed by atoms with van der Waals surface area (Å²) in [6, 6.07) is 20.6. The number of fused-ring (bicyclic) bond motifs is 2. The van der Waals surface area contributed by atoms with Gasteiger partial charge >= 0.3 is 0 Å². The SMILES string of the molecule is O=C(CCCc1c(-c2ccc3ccccc3n2)[nH]c2ccccc12)Nc1nccs1. The van der Waals surface area contributed by atoms with E-state index in [1.165, 1.54) is 22.3 Å². The smallest absolute Gasteiger partial charge is 0.226 e. The van der Waals surface area contributed by atoms with Crippen molar-refractivity contribution in [2.75, 3.05) is 5.32 Å². The van der Waals surface area contributed by atoms with Crippen LogP contribution in [-0.4, -0.2) is 20.9 Å². The molecule has 30 heavy (non-hydrogen) atoms. The summed E-state index contributed by atoms with van der Waals surface area (Å²) in [5.41, 5.74) is 5.22. The van der Waals surface area contributed by atoms with Gasteiger partial charge in [-0.1, -0.05) is 42.5 Å². The predicted molar refractivity (Wildman–Crippen MR) is 123 cm³/mol. The lowest BCUT2D eigenvalue weighted by Crippen LogP contribution is -2.11. The van der Waals surface area contributed by atoms with Crippen molar-refractivity contribution in [2.45, 2.75) is 19.3 Å². The minimum absolute atomic E-state index is 0.00447. The fraction of sp³-hybridized carbons (Fsp3) is 0.125. The molecule has 3 aromatic heterocycles. The zero-order valence-corrected chi connectivity index (χ0v) is 17.1. The Labute approximate surface area is 177 Å². The molecule has 0 bridgehead atoms. The summed E-state index contributed by atoms with van der Waals surface area (Å²) in [5.74, 6) is -0.00447. The van der Waals surface area contributed by atoms with E-state index in [0.717, 1.165) is 40.6 Å². The molecule has 0 atom stereocenters. The molecule has 148 valence electrons. The van der Waals surface area contributed by atoms with E-state index in [0.29, 0.717) is 11.6 Å². The number of amides is 1. The van der Waals surface area contributed by atoms with Crippen LogP contribution in [0.15, 0.2) is 72.2 Å². The van der Waals surface area contributed by atoms with Crippen LogP contribution in [0.5, 0.6) is 0 Å². The molecule has 0 unspecified atom stereocenters. The van der Waals surface area contributed by atoms with Crippen LogP contribution < -0.4 is 5.32 Å². The Morgan fingerprint density at radius 2 is 1.90 bits per heavy atom. The number of nitrogens with zero attached hydrogens (tertiary/aromatic N) is 2. The molecule has 5 rings (SSSR count). The molecule has 0 saturated carbocycles. The Morgan fingerprint density at radius 3 is 2.80 bits per heavy atom. The van der Waals surface area contributed by atoms with Gasteiger partial charge in [0.15, 0.2) is 5.13 Å². The molecule has 0 aliphatic heterocycles. The predicted octanol–water partition coefficient (Wildman–Crippen LogP) is 5.80. The van der Waals surface area contributed by atoms with E-state index >= 15 is 0 Å². The summed E-state index contributed by atoms with van der Waals surface area (Å²) in [4.78, 5) is 24.8. The molecule has 5 nitrogen and oxygen atoms in total. The van der Waals surface area contributed by atoms with E-state index < -0.39 is 0 Å². The average molecular weight is 413 g/mol. The first kappa shape index (κ1) is 18.5. The van der Waals surface area contributed by atoms with Gasteiger partial charge in [0.05, 0.1) is 16.9 Å². The normalized spacial score (nSPS) is 11.2. The van der Waals surface area contributed by atoms with Crippen LogP contribution in [0.25, 0.3) is 33.2 Å². The molecule has 0 aliphatic rings. The van der Waals surface area contributed by atoms with Gasteiger partial charge in [0.2, 0.25) is 5.91 Å². The van der Waals surface area contributed by atoms with Gasteiger partial charge in [-0.05, 0) is 36.6 Å². The summed E-state index contributed by atoms with van der Waals surface area (Å²) < 4.78 is 0. The van der Waals surface area contributed by atoms with Crippen molar-refractivity contribution in [1.82, 2.24) is 15.0 Å². The number of hydrogen-bond donors (Lipinski definition) is 2. The number of rotatable bonds is 6. The fourth-order valence-electron chi connectivity index (χ4n) is 3.78. The van der Waals surface area contributed by atoms with Crippen molar-refractivity contribution in [3.63, 3.8) is 0 Å². The molecule has 0 fully saturated rings. The molecule has 2 aromatic carbocycles. The summed E-state index contributed by atoms with van der Waals surface area (Å²) in [5, 5.41) is 7.66. The van der Waals surface area contributed by atoms with Crippen molar-refractivity contribution in [3.05, 3.63) is 77.8 Å². The van der Waals surface area contributed by atoms with Crippen molar-refractivity contribution < 1.29 is 4.79 Å². The van der Waals surface area contributed by atoms with Crippen molar-refractivity contribution in [2.24, 2.45) is 0 Å². The molecular weight excluding hydrogens is 392 g/mol. The van der Waals surface area contributed by atoms with Crippen LogP contribution >= 0.6 is 11.3 Å². The largest absolute Gasteiger partial charge is 0.353 e. The first-order chi connectivity index (χ1) is 14.8. The lowest BCUT2D eigenvalue weighted by Gasteiger charge is -2.07. The number of aromatic nitrogens is 3. The summed E-state index contributed by atoms with van der Waals surface area (Å²) in [6.07, 6.45) is 3.68. The molecule has 5 aromatic rings. The van der Waals surface area contributed by atoms with Crippen molar-refractivity contribution in [3.8, 4) is 11.4 Å². The highest BCUT2D eigenvalue weighted by Gasteiger charge is 2.15. The third-order valence-corrected chi connectivity index (χ3v) is 5.87. The van der Waals surface area contributed by atoms with Crippen molar-refractivity contribution >= 4 is 44.2 Å². The molecule has 0 radical (unpaired) electrons. The van der Waals surface area contributed by atoms with E-state index in [9.17, 15) is 4.79 Å². The van der Waals surface area contributed by atoms with Crippen molar-refractivity contribution in [1.29, 1.82) is 0 Å². The second-order valence-corrected chi connectivity index (χ2v) is 8.05. The number of anilines is 1. The Morgan fingerprint density at radius 1 is 1.03 bits per heavy atom. The number of aromatic amines is 1. The first-order valence-electron chi connectivity index (χ1n) is 9.93. The minimum atomic E-state index is -0.00447. The maximum absolute atomic E-state index is 12.2. The van der Waals surface area contributed by atoms with E-state index in [2.05, 4.69) is 45.6 Å². The van der Waals surface area contributed by atoms with E-state index in [-0.39, 0.29) is 5.91 Å². The zero-order valence-electron chi connectivity index (χ0n) is 16.3. The van der Waals surface area contributed by atoms with Crippen LogP contribution in [0, 0.1) is 0 Å². The van der Waals surface area contributed by atoms with Gasteiger partial charge in [0, 0.05) is 34.3 Å². The third-order valence-electron chi connectivity index (χ3n) is 5.18. The number of carbonyl (C=O) groups is 1. The number of para-hydroxylation sites is 2. The number of hydrogen-bond acceptors (Lipinski definition) is 4. The number of thiazole rings is 1. The molecule has 1 amide bonds. The third kappa shape index (κ3) is 3.69. The van der Waals surface area contributed by atoms with Gasteiger partial charge in [-0.15, -0.1) is 11.3 Å². The van der Waals surface area contributed by atoms with E-state index in [1.807, 2.05) is 35.7 Å². The lowest BCUT2D eigenvalue weighted by atomic mass is 10.0.